The average Bonchev–Trinajstić information content (AvgIpc) is 2.28. The molecule has 0 aliphatic heterocycles. The fourth-order valence-corrected chi connectivity index (χ4v) is 2.50. The van der Waals surface area contributed by atoms with E-state index in [4.69, 9.17) is 0 Å². The van der Waals surface area contributed by atoms with E-state index in [0.717, 1.165) is 25.5 Å². The summed E-state index contributed by atoms with van der Waals surface area (Å²) in [6.45, 7) is 10.5. The Labute approximate surface area is 130 Å². The Morgan fingerprint density at radius 3 is 2.14 bits per heavy atom. The van der Waals surface area contributed by atoms with Crippen molar-refractivity contribution < 1.29 is 9.59 Å². The van der Waals surface area contributed by atoms with Gasteiger partial charge in [-0.1, -0.05) is 46.1 Å². The van der Waals surface area contributed by atoms with Crippen molar-refractivity contribution in [2.75, 3.05) is 0 Å². The molecule has 0 saturated carbocycles. The fourth-order valence-electron chi connectivity index (χ4n) is 2.50. The Bertz CT molecular complexity index is 323. The second-order valence-electron chi connectivity index (χ2n) is 6.42. The number of aldehydes is 1. The molecule has 0 aromatic carbocycles. The van der Waals surface area contributed by atoms with E-state index in [-0.39, 0.29) is 23.5 Å². The third kappa shape index (κ3) is 12.5. The number of hydrogen-bond acceptors (Lipinski definition) is 4. The fraction of sp³-hybridized carbons (Fsp3) is 0.765. The number of allylic oxidation sites excluding steroid dienone is 2. The van der Waals surface area contributed by atoms with Crippen LogP contribution in [0.15, 0.2) is 11.6 Å². The summed E-state index contributed by atoms with van der Waals surface area (Å²) < 4.78 is 0. The molecule has 4 nitrogen and oxygen atoms in total. The van der Waals surface area contributed by atoms with Crippen LogP contribution in [0.5, 0.6) is 0 Å². The van der Waals surface area contributed by atoms with Gasteiger partial charge in [0.05, 0.1) is 0 Å². The highest BCUT2D eigenvalue weighted by atomic mass is 16.1. The number of ketones is 1. The number of rotatable bonds is 5. The zero-order valence-electron chi connectivity index (χ0n) is 14.7. The van der Waals surface area contributed by atoms with E-state index in [1.54, 1.807) is 6.08 Å². The molecule has 0 saturated heterocycles. The number of hydrogen-bond donors (Lipinski definition) is 2. The minimum absolute atomic E-state index is 0. The molecule has 1 aliphatic carbocycles. The Balaban J connectivity index is -0.000000284. The second kappa shape index (κ2) is 12.7. The van der Waals surface area contributed by atoms with Crippen molar-refractivity contribution in [2.45, 2.75) is 73.1 Å². The van der Waals surface area contributed by atoms with Crippen molar-refractivity contribution >= 4 is 12.1 Å². The standard InChI is InChI=1S/C9H14O.C8H16O.2H3N/c1-7-4-8(10)6-9(2,3)5-7;1-3-5-6-8(4-2)7-9;;/h4H,5-6H2,1-3H3;7-8H,3-6H2,1-2H3;2*1H3. The highest BCUT2D eigenvalue weighted by molar-refractivity contribution is 5.91. The van der Waals surface area contributed by atoms with Gasteiger partial charge in [0.1, 0.15) is 6.29 Å². The van der Waals surface area contributed by atoms with Crippen LogP contribution >= 0.6 is 0 Å². The largest absolute Gasteiger partial charge is 0.344 e. The highest BCUT2D eigenvalue weighted by Gasteiger charge is 2.25. The number of carbonyl (C=O) groups excluding carboxylic acids is 2. The maximum absolute atomic E-state index is 11.0. The van der Waals surface area contributed by atoms with E-state index in [2.05, 4.69) is 27.7 Å². The molecule has 1 aliphatic rings. The lowest BCUT2D eigenvalue weighted by atomic mass is 9.77. The zero-order valence-corrected chi connectivity index (χ0v) is 14.7. The van der Waals surface area contributed by atoms with Crippen LogP contribution in [0.1, 0.15) is 73.1 Å². The SMILES string of the molecule is CC1=CC(=O)CC(C)(C)C1.CCCCC(C=O)CC.N.N. The van der Waals surface area contributed by atoms with Gasteiger partial charge in [-0.3, -0.25) is 4.79 Å². The molecule has 0 aromatic rings. The molecule has 0 fully saturated rings. The quantitative estimate of drug-likeness (QED) is 0.693. The normalized spacial score (nSPS) is 17.2. The van der Waals surface area contributed by atoms with Gasteiger partial charge in [0.2, 0.25) is 0 Å². The molecule has 1 rings (SSSR count). The summed E-state index contributed by atoms with van der Waals surface area (Å²) in [6.07, 6.45) is 9.10. The van der Waals surface area contributed by atoms with Crippen molar-refractivity contribution in [3.63, 3.8) is 0 Å². The summed E-state index contributed by atoms with van der Waals surface area (Å²) in [4.78, 5) is 21.3. The highest BCUT2D eigenvalue weighted by Crippen LogP contribution is 2.32. The summed E-state index contributed by atoms with van der Waals surface area (Å²) >= 11 is 0. The number of carbonyl (C=O) groups is 2. The van der Waals surface area contributed by atoms with Gasteiger partial charge in [0.15, 0.2) is 5.78 Å². The van der Waals surface area contributed by atoms with Gasteiger partial charge in [0.25, 0.3) is 0 Å². The molecular weight excluding hydrogens is 264 g/mol. The molecule has 0 spiro atoms. The van der Waals surface area contributed by atoms with Crippen molar-refractivity contribution in [1.82, 2.24) is 12.3 Å². The van der Waals surface area contributed by atoms with Crippen LogP contribution < -0.4 is 12.3 Å². The summed E-state index contributed by atoms with van der Waals surface area (Å²) in [6, 6.07) is 0. The van der Waals surface area contributed by atoms with Gasteiger partial charge in [-0.2, -0.15) is 0 Å². The van der Waals surface area contributed by atoms with Crippen molar-refractivity contribution in [2.24, 2.45) is 11.3 Å². The monoisotopic (exact) mass is 300 g/mol. The van der Waals surface area contributed by atoms with Crippen molar-refractivity contribution in [3.8, 4) is 0 Å². The van der Waals surface area contributed by atoms with E-state index < -0.39 is 0 Å². The third-order valence-electron chi connectivity index (χ3n) is 3.46. The Morgan fingerprint density at radius 2 is 1.81 bits per heavy atom. The van der Waals surface area contributed by atoms with Crippen LogP contribution in [0.2, 0.25) is 0 Å². The first-order valence-corrected chi connectivity index (χ1v) is 7.50. The first-order valence-electron chi connectivity index (χ1n) is 7.50. The molecular formula is C17H36N2O2. The van der Waals surface area contributed by atoms with Crippen LogP contribution in [0.3, 0.4) is 0 Å². The minimum atomic E-state index is 0. The second-order valence-corrected chi connectivity index (χ2v) is 6.42. The van der Waals surface area contributed by atoms with E-state index in [0.29, 0.717) is 12.3 Å². The van der Waals surface area contributed by atoms with E-state index in [9.17, 15) is 9.59 Å². The molecule has 0 heterocycles. The molecule has 21 heavy (non-hydrogen) atoms. The minimum Gasteiger partial charge on any atom is -0.344 e. The Kier molecular flexibility index (Phi) is 15.1. The number of unbranched alkanes of at least 4 members (excludes halogenated alkanes) is 1. The lowest BCUT2D eigenvalue weighted by Gasteiger charge is -2.27. The first-order chi connectivity index (χ1) is 8.84. The summed E-state index contributed by atoms with van der Waals surface area (Å²) in [5, 5.41) is 0. The topological polar surface area (TPSA) is 104 Å². The molecule has 1 atom stereocenters. The lowest BCUT2D eigenvalue weighted by Crippen LogP contribution is -2.20. The molecule has 0 aromatic heterocycles. The maximum Gasteiger partial charge on any atom is 0.156 e. The lowest BCUT2D eigenvalue weighted by molar-refractivity contribution is -0.117. The van der Waals surface area contributed by atoms with Crippen LogP contribution in [0.4, 0.5) is 0 Å². The summed E-state index contributed by atoms with van der Waals surface area (Å²) in [7, 11) is 0. The predicted molar refractivity (Wildman–Crippen MR) is 91.2 cm³/mol. The van der Waals surface area contributed by atoms with Crippen LogP contribution in [-0.4, -0.2) is 12.1 Å². The van der Waals surface area contributed by atoms with E-state index in [1.807, 2.05) is 6.92 Å². The van der Waals surface area contributed by atoms with Crippen LogP contribution in [-0.2, 0) is 9.59 Å². The van der Waals surface area contributed by atoms with E-state index in [1.165, 1.54) is 18.4 Å². The molecule has 6 N–H and O–H groups in total. The maximum atomic E-state index is 11.0. The van der Waals surface area contributed by atoms with Gasteiger partial charge < -0.3 is 17.1 Å². The predicted octanol–water partition coefficient (Wildman–Crippen LogP) is 5.05. The molecule has 0 amide bonds. The average molecular weight is 300 g/mol. The van der Waals surface area contributed by atoms with Gasteiger partial charge in [-0.15, -0.1) is 0 Å². The molecule has 0 bridgehead atoms. The van der Waals surface area contributed by atoms with Gasteiger partial charge >= 0.3 is 0 Å². The zero-order chi connectivity index (χ0) is 14.9. The van der Waals surface area contributed by atoms with Crippen LogP contribution in [0.25, 0.3) is 0 Å². The Hall–Kier alpha value is -1.00. The molecule has 1 unspecified atom stereocenters. The van der Waals surface area contributed by atoms with Gasteiger partial charge in [-0.25, -0.2) is 0 Å². The van der Waals surface area contributed by atoms with Crippen LogP contribution in [0, 0.1) is 11.3 Å². The van der Waals surface area contributed by atoms with Gasteiger partial charge in [0, 0.05) is 12.3 Å². The molecule has 126 valence electrons. The summed E-state index contributed by atoms with van der Waals surface area (Å²) in [5.41, 5.74) is 1.43. The summed E-state index contributed by atoms with van der Waals surface area (Å²) in [5.74, 6) is 0.610. The smallest absolute Gasteiger partial charge is 0.156 e. The van der Waals surface area contributed by atoms with Crippen molar-refractivity contribution in [3.05, 3.63) is 11.6 Å². The van der Waals surface area contributed by atoms with E-state index >= 15 is 0 Å². The molecule has 4 heteroatoms. The molecule has 0 radical (unpaired) electrons. The van der Waals surface area contributed by atoms with Gasteiger partial charge in [-0.05, 0) is 37.7 Å². The first kappa shape index (κ1) is 25.0. The Morgan fingerprint density at radius 1 is 1.24 bits per heavy atom. The van der Waals surface area contributed by atoms with Crippen molar-refractivity contribution in [1.29, 1.82) is 0 Å². The third-order valence-corrected chi connectivity index (χ3v) is 3.46.